The lowest BCUT2D eigenvalue weighted by molar-refractivity contribution is -0.113. The van der Waals surface area contributed by atoms with Crippen LogP contribution in [0.4, 0.5) is 5.69 Å². The van der Waals surface area contributed by atoms with Gasteiger partial charge in [-0.2, -0.15) is 0 Å². The highest BCUT2D eigenvalue weighted by atomic mass is 32.2. The standard InChI is InChI=1S/C25H28N4O4S/c1-5-12-29-22(15-33-21-11-10-17(3)13-18(21)4)27-28-25(29)34-16-23(30)26-20-9-7-8-19(14-20)24(31)32-6-2/h5,7-11,13-14H,1,6,12,15-16H2,2-4H3,(H,26,30). The van der Waals surface area contributed by atoms with Crippen molar-refractivity contribution in [2.24, 2.45) is 0 Å². The number of nitrogens with one attached hydrogen (secondary N) is 1. The van der Waals surface area contributed by atoms with E-state index in [9.17, 15) is 9.59 Å². The van der Waals surface area contributed by atoms with Crippen molar-refractivity contribution in [1.82, 2.24) is 14.8 Å². The molecule has 3 rings (SSSR count). The first-order valence-corrected chi connectivity index (χ1v) is 11.8. The van der Waals surface area contributed by atoms with E-state index in [4.69, 9.17) is 9.47 Å². The number of thioether (sulfide) groups is 1. The Morgan fingerprint density at radius 3 is 2.74 bits per heavy atom. The minimum atomic E-state index is -0.430. The number of carbonyl (C=O) groups is 2. The van der Waals surface area contributed by atoms with Crippen molar-refractivity contribution < 1.29 is 19.1 Å². The van der Waals surface area contributed by atoms with E-state index in [0.29, 0.717) is 28.8 Å². The maximum absolute atomic E-state index is 12.5. The van der Waals surface area contributed by atoms with Crippen LogP contribution in [0.25, 0.3) is 0 Å². The van der Waals surface area contributed by atoms with Gasteiger partial charge in [-0.3, -0.25) is 9.36 Å². The molecule has 1 heterocycles. The fourth-order valence-corrected chi connectivity index (χ4v) is 3.98. The summed E-state index contributed by atoms with van der Waals surface area (Å²) in [6.07, 6.45) is 1.75. The Hall–Kier alpha value is -3.59. The molecule has 0 saturated carbocycles. The number of aryl methyl sites for hydroxylation is 2. The zero-order chi connectivity index (χ0) is 24.5. The Morgan fingerprint density at radius 1 is 1.18 bits per heavy atom. The first-order valence-electron chi connectivity index (χ1n) is 10.8. The Labute approximate surface area is 203 Å². The van der Waals surface area contributed by atoms with Gasteiger partial charge >= 0.3 is 5.97 Å². The second kappa shape index (κ2) is 12.0. The quantitative estimate of drug-likeness (QED) is 0.244. The molecule has 0 atom stereocenters. The molecule has 0 spiro atoms. The Balaban J connectivity index is 1.61. The summed E-state index contributed by atoms with van der Waals surface area (Å²) < 4.78 is 12.8. The third-order valence-corrected chi connectivity index (χ3v) is 5.75. The molecule has 0 aliphatic carbocycles. The lowest BCUT2D eigenvalue weighted by atomic mass is 10.1. The van der Waals surface area contributed by atoms with Crippen LogP contribution in [0.1, 0.15) is 34.2 Å². The van der Waals surface area contributed by atoms with Gasteiger partial charge < -0.3 is 14.8 Å². The summed E-state index contributed by atoms with van der Waals surface area (Å²) in [6, 6.07) is 12.6. The largest absolute Gasteiger partial charge is 0.485 e. The Kier molecular flexibility index (Phi) is 8.86. The third kappa shape index (κ3) is 6.71. The highest BCUT2D eigenvalue weighted by Gasteiger charge is 2.15. The van der Waals surface area contributed by atoms with Crippen LogP contribution >= 0.6 is 11.8 Å². The van der Waals surface area contributed by atoms with Crippen molar-refractivity contribution in [2.45, 2.75) is 39.1 Å². The molecule has 34 heavy (non-hydrogen) atoms. The lowest BCUT2D eigenvalue weighted by Crippen LogP contribution is -2.15. The normalized spacial score (nSPS) is 10.6. The maximum Gasteiger partial charge on any atom is 0.338 e. The second-order valence-corrected chi connectivity index (χ2v) is 8.44. The molecule has 0 aliphatic heterocycles. The lowest BCUT2D eigenvalue weighted by Gasteiger charge is -2.11. The van der Waals surface area contributed by atoms with Crippen molar-refractivity contribution in [1.29, 1.82) is 0 Å². The number of amides is 1. The van der Waals surface area contributed by atoms with Crippen molar-refractivity contribution in [3.05, 3.63) is 77.6 Å². The van der Waals surface area contributed by atoms with Crippen LogP contribution in [0.3, 0.4) is 0 Å². The van der Waals surface area contributed by atoms with Gasteiger partial charge in [0.05, 0.1) is 17.9 Å². The van der Waals surface area contributed by atoms with E-state index < -0.39 is 5.97 Å². The smallest absolute Gasteiger partial charge is 0.338 e. The van der Waals surface area contributed by atoms with Gasteiger partial charge in [-0.15, -0.1) is 16.8 Å². The van der Waals surface area contributed by atoms with Crippen LogP contribution < -0.4 is 10.1 Å². The average Bonchev–Trinajstić information content (AvgIpc) is 3.19. The minimum Gasteiger partial charge on any atom is -0.485 e. The van der Waals surface area contributed by atoms with Crippen molar-refractivity contribution in [3.8, 4) is 5.75 Å². The number of anilines is 1. The van der Waals surface area contributed by atoms with E-state index in [0.717, 1.165) is 11.3 Å². The average molecular weight is 481 g/mol. The summed E-state index contributed by atoms with van der Waals surface area (Å²) >= 11 is 1.26. The Bertz CT molecular complexity index is 1180. The number of hydrogen-bond donors (Lipinski definition) is 1. The molecule has 3 aromatic rings. The fraction of sp³-hybridized carbons (Fsp3) is 0.280. The predicted octanol–water partition coefficient (Wildman–Crippen LogP) is 4.57. The van der Waals surface area contributed by atoms with Gasteiger partial charge in [0.1, 0.15) is 12.4 Å². The van der Waals surface area contributed by atoms with E-state index in [1.54, 1.807) is 37.3 Å². The number of rotatable bonds is 11. The first kappa shape index (κ1) is 25.0. The molecule has 1 aromatic heterocycles. The molecule has 1 N–H and O–H groups in total. The minimum absolute atomic E-state index is 0.122. The second-order valence-electron chi connectivity index (χ2n) is 7.49. The number of aromatic nitrogens is 3. The van der Waals surface area contributed by atoms with E-state index in [2.05, 4.69) is 28.2 Å². The molecule has 8 nitrogen and oxygen atoms in total. The highest BCUT2D eigenvalue weighted by Crippen LogP contribution is 2.22. The van der Waals surface area contributed by atoms with E-state index in [1.165, 1.54) is 17.3 Å². The van der Waals surface area contributed by atoms with Crippen LogP contribution in [-0.2, 0) is 22.7 Å². The van der Waals surface area contributed by atoms with E-state index in [1.807, 2.05) is 30.5 Å². The first-order chi connectivity index (χ1) is 16.4. The topological polar surface area (TPSA) is 95.3 Å². The molecule has 178 valence electrons. The molecule has 0 radical (unpaired) electrons. The number of nitrogens with zero attached hydrogens (tertiary/aromatic N) is 3. The third-order valence-electron chi connectivity index (χ3n) is 4.78. The van der Waals surface area contributed by atoms with Crippen LogP contribution in [-0.4, -0.2) is 39.0 Å². The fourth-order valence-electron chi connectivity index (χ4n) is 3.21. The summed E-state index contributed by atoms with van der Waals surface area (Å²) in [5, 5.41) is 11.9. The molecule has 9 heteroatoms. The molecular formula is C25H28N4O4S. The number of benzene rings is 2. The van der Waals surface area contributed by atoms with Crippen LogP contribution in [0, 0.1) is 13.8 Å². The van der Waals surface area contributed by atoms with Gasteiger partial charge in [0.2, 0.25) is 5.91 Å². The van der Waals surface area contributed by atoms with Gasteiger partial charge in [0.25, 0.3) is 0 Å². The number of allylic oxidation sites excluding steroid dienone is 1. The summed E-state index contributed by atoms with van der Waals surface area (Å²) in [4.78, 5) is 24.4. The number of hydrogen-bond acceptors (Lipinski definition) is 7. The van der Waals surface area contributed by atoms with Crippen LogP contribution in [0.15, 0.2) is 60.3 Å². The van der Waals surface area contributed by atoms with E-state index in [-0.39, 0.29) is 24.9 Å². The van der Waals surface area contributed by atoms with Crippen LogP contribution in [0.2, 0.25) is 0 Å². The molecule has 0 aliphatic rings. The van der Waals surface area contributed by atoms with Crippen LogP contribution in [0.5, 0.6) is 5.75 Å². The molecular weight excluding hydrogens is 452 g/mol. The van der Waals surface area contributed by atoms with Crippen molar-refractivity contribution in [3.63, 3.8) is 0 Å². The molecule has 0 saturated heterocycles. The zero-order valence-electron chi connectivity index (χ0n) is 19.5. The monoisotopic (exact) mass is 480 g/mol. The summed E-state index contributed by atoms with van der Waals surface area (Å²) in [7, 11) is 0. The number of esters is 1. The van der Waals surface area contributed by atoms with Crippen molar-refractivity contribution >= 4 is 29.3 Å². The molecule has 0 fully saturated rings. The van der Waals surface area contributed by atoms with Gasteiger partial charge in [-0.25, -0.2) is 4.79 Å². The Morgan fingerprint density at radius 2 is 2.00 bits per heavy atom. The summed E-state index contributed by atoms with van der Waals surface area (Å²) in [5.41, 5.74) is 3.12. The summed E-state index contributed by atoms with van der Waals surface area (Å²) in [5.74, 6) is 0.896. The van der Waals surface area contributed by atoms with Gasteiger partial charge in [0.15, 0.2) is 11.0 Å². The molecule has 0 unspecified atom stereocenters. The molecule has 1 amide bonds. The van der Waals surface area contributed by atoms with Gasteiger partial charge in [-0.1, -0.05) is 41.6 Å². The van der Waals surface area contributed by atoms with E-state index >= 15 is 0 Å². The van der Waals surface area contributed by atoms with Crippen molar-refractivity contribution in [2.75, 3.05) is 17.7 Å². The van der Waals surface area contributed by atoms with Gasteiger partial charge in [-0.05, 0) is 50.6 Å². The maximum atomic E-state index is 12.5. The zero-order valence-corrected chi connectivity index (χ0v) is 20.4. The number of ether oxygens (including phenoxy) is 2. The molecule has 0 bridgehead atoms. The highest BCUT2D eigenvalue weighted by molar-refractivity contribution is 7.99. The summed E-state index contributed by atoms with van der Waals surface area (Å²) in [6.45, 7) is 10.6. The number of carbonyl (C=O) groups excluding carboxylic acids is 2. The predicted molar refractivity (Wildman–Crippen MR) is 132 cm³/mol. The van der Waals surface area contributed by atoms with Gasteiger partial charge in [0, 0.05) is 12.2 Å². The SMILES string of the molecule is C=CCn1c(COc2ccc(C)cc2C)nnc1SCC(=O)Nc1cccc(C(=O)OCC)c1. The molecule has 2 aromatic carbocycles.